The number of alkyl carbamates (subject to hydrolysis) is 1. The minimum absolute atomic E-state index is 0.00972. The van der Waals surface area contributed by atoms with Crippen molar-refractivity contribution in [2.45, 2.75) is 75.9 Å². The predicted molar refractivity (Wildman–Crippen MR) is 107 cm³/mol. The lowest BCUT2D eigenvalue weighted by molar-refractivity contribution is -0.139. The van der Waals surface area contributed by atoms with Crippen molar-refractivity contribution in [2.75, 3.05) is 7.11 Å². The minimum Gasteiger partial charge on any atom is -0.480 e. The first-order chi connectivity index (χ1) is 13.8. The summed E-state index contributed by atoms with van der Waals surface area (Å²) in [6, 6.07) is -0.858. The van der Waals surface area contributed by atoms with E-state index in [0.717, 1.165) is 44.9 Å². The third kappa shape index (κ3) is 7.43. The molecule has 0 radical (unpaired) electrons. The Labute approximate surface area is 170 Å². The average molecular weight is 412 g/mol. The quantitative estimate of drug-likeness (QED) is 0.303. The van der Waals surface area contributed by atoms with Gasteiger partial charge in [-0.2, -0.15) is 0 Å². The maximum atomic E-state index is 12.6. The molecule has 3 unspecified atom stereocenters. The number of nitrogens with two attached hydrogens (primary N) is 2. The van der Waals surface area contributed by atoms with Gasteiger partial charge in [0.1, 0.15) is 6.04 Å². The Morgan fingerprint density at radius 2 is 1.83 bits per heavy atom. The topological polar surface area (TPSA) is 169 Å². The van der Waals surface area contributed by atoms with Crippen LogP contribution in [0.2, 0.25) is 0 Å². The monoisotopic (exact) mass is 411 g/mol. The summed E-state index contributed by atoms with van der Waals surface area (Å²) in [4.78, 5) is 39.5. The van der Waals surface area contributed by atoms with E-state index in [1.165, 1.54) is 7.11 Å². The SMILES string of the molecule is COC(=O)NC(CC1CCC(NC(=O)C2CCCC(N=C(N)N)C2)CC1)C(=O)O. The van der Waals surface area contributed by atoms with Crippen molar-refractivity contribution >= 4 is 23.9 Å². The molecule has 2 fully saturated rings. The number of carbonyl (C=O) groups excluding carboxylic acids is 2. The van der Waals surface area contributed by atoms with E-state index in [2.05, 4.69) is 20.4 Å². The Hall–Kier alpha value is -2.52. The van der Waals surface area contributed by atoms with Crippen LogP contribution in [0.5, 0.6) is 0 Å². The van der Waals surface area contributed by atoms with Crippen molar-refractivity contribution in [1.29, 1.82) is 0 Å². The molecule has 2 amide bonds. The van der Waals surface area contributed by atoms with Crippen molar-refractivity contribution in [1.82, 2.24) is 10.6 Å². The fourth-order valence-corrected chi connectivity index (χ4v) is 4.35. The van der Waals surface area contributed by atoms with E-state index < -0.39 is 18.1 Å². The second-order valence-corrected chi connectivity index (χ2v) is 8.06. The van der Waals surface area contributed by atoms with Crippen molar-refractivity contribution in [3.63, 3.8) is 0 Å². The number of hydrogen-bond donors (Lipinski definition) is 5. The number of carboxylic acid groups (broad SMARTS) is 1. The smallest absolute Gasteiger partial charge is 0.407 e. The van der Waals surface area contributed by atoms with E-state index in [-0.39, 0.29) is 35.8 Å². The van der Waals surface area contributed by atoms with Gasteiger partial charge >= 0.3 is 12.1 Å². The summed E-state index contributed by atoms with van der Waals surface area (Å²) in [7, 11) is 1.20. The number of nitrogens with zero attached hydrogens (tertiary/aromatic N) is 1. The Morgan fingerprint density at radius 3 is 2.41 bits per heavy atom. The first kappa shape index (κ1) is 22.8. The molecule has 7 N–H and O–H groups in total. The van der Waals surface area contributed by atoms with Gasteiger partial charge in [-0.25, -0.2) is 9.59 Å². The third-order valence-corrected chi connectivity index (χ3v) is 5.89. The number of carboxylic acids is 1. The zero-order chi connectivity index (χ0) is 21.4. The number of amides is 2. The lowest BCUT2D eigenvalue weighted by Gasteiger charge is -2.32. The summed E-state index contributed by atoms with van der Waals surface area (Å²) in [5.74, 6) is -0.841. The highest BCUT2D eigenvalue weighted by atomic mass is 16.5. The maximum Gasteiger partial charge on any atom is 0.407 e. The summed E-state index contributed by atoms with van der Waals surface area (Å²) in [5.41, 5.74) is 10.9. The molecule has 2 aliphatic rings. The molecule has 0 aromatic heterocycles. The average Bonchev–Trinajstić information content (AvgIpc) is 2.68. The molecule has 0 aliphatic heterocycles. The van der Waals surface area contributed by atoms with Gasteiger partial charge in [0, 0.05) is 12.0 Å². The number of nitrogens with one attached hydrogen (secondary N) is 2. The Bertz CT molecular complexity index is 614. The van der Waals surface area contributed by atoms with Gasteiger partial charge < -0.3 is 31.9 Å². The molecule has 0 heterocycles. The fourth-order valence-electron chi connectivity index (χ4n) is 4.35. The van der Waals surface area contributed by atoms with Crippen LogP contribution in [0.15, 0.2) is 4.99 Å². The zero-order valence-corrected chi connectivity index (χ0v) is 16.9. The van der Waals surface area contributed by atoms with Crippen LogP contribution < -0.4 is 22.1 Å². The number of rotatable bonds is 7. The van der Waals surface area contributed by atoms with Gasteiger partial charge in [-0.3, -0.25) is 9.79 Å². The molecule has 10 nitrogen and oxygen atoms in total. The van der Waals surface area contributed by atoms with Crippen LogP contribution in [-0.2, 0) is 14.3 Å². The number of ether oxygens (including phenoxy) is 1. The van der Waals surface area contributed by atoms with Crippen molar-refractivity contribution in [3.05, 3.63) is 0 Å². The maximum absolute atomic E-state index is 12.6. The van der Waals surface area contributed by atoms with Crippen LogP contribution in [0.25, 0.3) is 0 Å². The molecule has 29 heavy (non-hydrogen) atoms. The number of methoxy groups -OCH3 is 1. The van der Waals surface area contributed by atoms with E-state index in [4.69, 9.17) is 11.5 Å². The van der Waals surface area contributed by atoms with Gasteiger partial charge in [0.25, 0.3) is 0 Å². The van der Waals surface area contributed by atoms with Gasteiger partial charge in [-0.15, -0.1) is 0 Å². The molecule has 2 saturated carbocycles. The van der Waals surface area contributed by atoms with Crippen LogP contribution >= 0.6 is 0 Å². The van der Waals surface area contributed by atoms with Crippen LogP contribution in [0, 0.1) is 11.8 Å². The molecule has 0 saturated heterocycles. The summed E-state index contributed by atoms with van der Waals surface area (Å²) >= 11 is 0. The van der Waals surface area contributed by atoms with Crippen LogP contribution in [-0.4, -0.2) is 54.3 Å². The Balaban J connectivity index is 1.77. The van der Waals surface area contributed by atoms with Gasteiger partial charge in [-0.05, 0) is 57.3 Å². The summed E-state index contributed by atoms with van der Waals surface area (Å²) in [5, 5.41) is 14.8. The molecule has 3 atom stereocenters. The largest absolute Gasteiger partial charge is 0.480 e. The normalized spacial score (nSPS) is 27.9. The summed E-state index contributed by atoms with van der Waals surface area (Å²) in [6.45, 7) is 0. The lowest BCUT2D eigenvalue weighted by atomic mass is 9.81. The van der Waals surface area contributed by atoms with Gasteiger partial charge in [0.2, 0.25) is 5.91 Å². The molecule has 0 aromatic rings. The lowest BCUT2D eigenvalue weighted by Crippen LogP contribution is -2.44. The van der Waals surface area contributed by atoms with Crippen molar-refractivity contribution < 1.29 is 24.2 Å². The van der Waals surface area contributed by atoms with E-state index in [9.17, 15) is 19.5 Å². The fraction of sp³-hybridized carbons (Fsp3) is 0.789. The molecule has 0 aromatic carbocycles. The van der Waals surface area contributed by atoms with Crippen molar-refractivity contribution in [3.8, 4) is 0 Å². The molecule has 2 rings (SSSR count). The van der Waals surface area contributed by atoms with Gasteiger partial charge in [0.15, 0.2) is 5.96 Å². The van der Waals surface area contributed by atoms with Crippen LogP contribution in [0.4, 0.5) is 4.79 Å². The van der Waals surface area contributed by atoms with E-state index in [0.29, 0.717) is 12.8 Å². The summed E-state index contributed by atoms with van der Waals surface area (Å²) < 4.78 is 4.48. The highest BCUT2D eigenvalue weighted by molar-refractivity contribution is 5.80. The first-order valence-corrected chi connectivity index (χ1v) is 10.2. The molecule has 2 aliphatic carbocycles. The summed E-state index contributed by atoms with van der Waals surface area (Å²) in [6.07, 6.45) is 6.15. The molecule has 164 valence electrons. The second kappa shape index (κ2) is 10.9. The Morgan fingerprint density at radius 1 is 1.14 bits per heavy atom. The van der Waals surface area contributed by atoms with Crippen molar-refractivity contribution in [2.24, 2.45) is 28.3 Å². The standard InChI is InChI=1S/C19H33N5O5/c1-29-19(28)24-15(17(26)27)9-11-5-7-13(8-6-11)22-16(25)12-3-2-4-14(10-12)23-18(20)21/h11-15H,2-10H2,1H3,(H,22,25)(H,24,28)(H,26,27)(H4,20,21,23). The molecule has 0 spiro atoms. The van der Waals surface area contributed by atoms with E-state index >= 15 is 0 Å². The van der Waals surface area contributed by atoms with Gasteiger partial charge in [-0.1, -0.05) is 6.42 Å². The number of hydrogen-bond acceptors (Lipinski definition) is 5. The molecular formula is C19H33N5O5. The number of aliphatic imine (C=N–C) groups is 1. The highest BCUT2D eigenvalue weighted by Crippen LogP contribution is 2.30. The first-order valence-electron chi connectivity index (χ1n) is 10.2. The number of guanidine groups is 1. The van der Waals surface area contributed by atoms with Gasteiger partial charge in [0.05, 0.1) is 13.2 Å². The molecular weight excluding hydrogens is 378 g/mol. The predicted octanol–water partition coefficient (Wildman–Crippen LogP) is 0.693. The van der Waals surface area contributed by atoms with E-state index in [1.807, 2.05) is 0 Å². The number of aliphatic carboxylic acids is 1. The molecule has 0 bridgehead atoms. The molecule has 10 heteroatoms. The third-order valence-electron chi connectivity index (χ3n) is 5.89. The van der Waals surface area contributed by atoms with Crippen LogP contribution in [0.3, 0.4) is 0 Å². The second-order valence-electron chi connectivity index (χ2n) is 8.06. The minimum atomic E-state index is -1.07. The zero-order valence-electron chi connectivity index (χ0n) is 16.9. The van der Waals surface area contributed by atoms with Crippen LogP contribution in [0.1, 0.15) is 57.8 Å². The Kier molecular flexibility index (Phi) is 8.53. The van der Waals surface area contributed by atoms with E-state index in [1.54, 1.807) is 0 Å². The highest BCUT2D eigenvalue weighted by Gasteiger charge is 2.31. The number of carbonyl (C=O) groups is 3.